The normalized spacial score (nSPS) is 27.1. The Morgan fingerprint density at radius 3 is 3.00 bits per heavy atom. The van der Waals surface area contributed by atoms with Crippen molar-refractivity contribution in [3.05, 3.63) is 49.0 Å². The number of aromatic nitrogens is 1. The highest BCUT2D eigenvalue weighted by Gasteiger charge is 2.35. The van der Waals surface area contributed by atoms with E-state index in [-0.39, 0.29) is 0 Å². The zero-order chi connectivity index (χ0) is 13.4. The highest BCUT2D eigenvalue weighted by Crippen LogP contribution is 2.43. The minimum Gasteiger partial charge on any atom is -0.444 e. The molecule has 3 unspecified atom stereocenters. The molecule has 20 heavy (non-hydrogen) atoms. The second-order valence-corrected chi connectivity index (χ2v) is 5.87. The molecule has 0 aliphatic heterocycles. The summed E-state index contributed by atoms with van der Waals surface area (Å²) in [5.41, 5.74) is 2.23. The Bertz CT molecular complexity index is 618. The Morgan fingerprint density at radius 2 is 2.25 bits per heavy atom. The molecule has 0 radical (unpaired) electrons. The molecule has 3 nitrogen and oxygen atoms in total. The average Bonchev–Trinajstić information content (AvgIpc) is 3.22. The number of fused-ring (bicyclic) bond motifs is 2. The molecule has 0 saturated heterocycles. The van der Waals surface area contributed by atoms with Gasteiger partial charge in [-0.25, -0.2) is 4.98 Å². The molecular weight excluding hydrogens is 248 g/mol. The summed E-state index contributed by atoms with van der Waals surface area (Å²) in [7, 11) is 0. The molecule has 4 rings (SSSR count). The number of nitrogens with one attached hydrogen (secondary N) is 1. The summed E-state index contributed by atoms with van der Waals surface area (Å²) >= 11 is 0. The topological polar surface area (TPSA) is 38.1 Å². The van der Waals surface area contributed by atoms with Crippen LogP contribution in [0.15, 0.2) is 53.4 Å². The fourth-order valence-electron chi connectivity index (χ4n) is 3.52. The SMILES string of the molecule is C1=CC2CC1CC2CNc1cccc(-c2cnco2)c1. The Labute approximate surface area is 118 Å². The van der Waals surface area contributed by atoms with Crippen LogP contribution in [0.2, 0.25) is 0 Å². The van der Waals surface area contributed by atoms with Crippen molar-refractivity contribution < 1.29 is 4.42 Å². The maximum atomic E-state index is 5.34. The fourth-order valence-corrected chi connectivity index (χ4v) is 3.52. The summed E-state index contributed by atoms with van der Waals surface area (Å²) in [5.74, 6) is 3.24. The first-order chi connectivity index (χ1) is 9.88. The second kappa shape index (κ2) is 4.82. The molecule has 2 bridgehead atoms. The predicted octanol–water partition coefficient (Wildman–Crippen LogP) is 3.97. The highest BCUT2D eigenvalue weighted by molar-refractivity contribution is 5.63. The third-order valence-corrected chi connectivity index (χ3v) is 4.56. The summed E-state index contributed by atoms with van der Waals surface area (Å²) in [6, 6.07) is 8.35. The highest BCUT2D eigenvalue weighted by atomic mass is 16.3. The van der Waals surface area contributed by atoms with Crippen LogP contribution in [0, 0.1) is 17.8 Å². The standard InChI is InChI=1S/C17H18N2O/c1-2-14(17-10-18-11-20-17)8-16(3-1)19-9-15-7-12-4-5-13(15)6-12/h1-5,8,10-13,15,19H,6-7,9H2. The third-order valence-electron chi connectivity index (χ3n) is 4.56. The third kappa shape index (κ3) is 2.13. The lowest BCUT2D eigenvalue weighted by Crippen LogP contribution is -2.18. The van der Waals surface area contributed by atoms with Gasteiger partial charge in [0.25, 0.3) is 0 Å². The molecule has 0 amide bonds. The zero-order valence-corrected chi connectivity index (χ0v) is 11.3. The van der Waals surface area contributed by atoms with Crippen LogP contribution in [-0.4, -0.2) is 11.5 Å². The molecule has 0 spiro atoms. The van der Waals surface area contributed by atoms with Gasteiger partial charge in [0.05, 0.1) is 6.20 Å². The largest absolute Gasteiger partial charge is 0.444 e. The molecule has 2 aliphatic rings. The smallest absolute Gasteiger partial charge is 0.181 e. The molecule has 1 heterocycles. The van der Waals surface area contributed by atoms with Gasteiger partial charge >= 0.3 is 0 Å². The lowest BCUT2D eigenvalue weighted by Gasteiger charge is -2.19. The van der Waals surface area contributed by atoms with Crippen LogP contribution in [0.1, 0.15) is 12.8 Å². The van der Waals surface area contributed by atoms with E-state index >= 15 is 0 Å². The molecule has 1 aromatic heterocycles. The average molecular weight is 266 g/mol. The lowest BCUT2D eigenvalue weighted by molar-refractivity contribution is 0.472. The number of anilines is 1. The Hall–Kier alpha value is -2.03. The van der Waals surface area contributed by atoms with Crippen LogP contribution in [0.5, 0.6) is 0 Å². The number of hydrogen-bond acceptors (Lipinski definition) is 3. The van der Waals surface area contributed by atoms with Crippen LogP contribution in [0.25, 0.3) is 11.3 Å². The zero-order valence-electron chi connectivity index (χ0n) is 11.3. The number of oxazole rings is 1. The molecule has 3 heteroatoms. The maximum absolute atomic E-state index is 5.34. The van der Waals surface area contributed by atoms with Crippen molar-refractivity contribution in [3.8, 4) is 11.3 Å². The van der Waals surface area contributed by atoms with E-state index in [1.165, 1.54) is 19.2 Å². The van der Waals surface area contributed by atoms with Gasteiger partial charge in [-0.05, 0) is 42.7 Å². The van der Waals surface area contributed by atoms with Crippen molar-refractivity contribution in [2.75, 3.05) is 11.9 Å². The molecule has 1 N–H and O–H groups in total. The number of benzene rings is 1. The predicted molar refractivity (Wildman–Crippen MR) is 79.3 cm³/mol. The molecular formula is C17H18N2O. The second-order valence-electron chi connectivity index (χ2n) is 5.87. The van der Waals surface area contributed by atoms with Crippen LogP contribution >= 0.6 is 0 Å². The van der Waals surface area contributed by atoms with Gasteiger partial charge in [-0.2, -0.15) is 0 Å². The summed E-state index contributed by atoms with van der Waals surface area (Å²) in [5, 5.41) is 3.58. The van der Waals surface area contributed by atoms with Crippen molar-refractivity contribution >= 4 is 5.69 Å². The Kier molecular flexibility index (Phi) is 2.84. The number of allylic oxidation sites excluding steroid dienone is 2. The first-order valence-corrected chi connectivity index (χ1v) is 7.29. The minimum atomic E-state index is 0.791. The summed E-state index contributed by atoms with van der Waals surface area (Å²) in [6.45, 7) is 1.06. The fraction of sp³-hybridized carbons (Fsp3) is 0.353. The maximum Gasteiger partial charge on any atom is 0.181 e. The van der Waals surface area contributed by atoms with E-state index in [2.05, 4.69) is 40.7 Å². The molecule has 3 atom stereocenters. The van der Waals surface area contributed by atoms with E-state index in [1.807, 2.05) is 6.07 Å². The van der Waals surface area contributed by atoms with E-state index in [0.29, 0.717) is 0 Å². The van der Waals surface area contributed by atoms with Gasteiger partial charge in [0.1, 0.15) is 0 Å². The van der Waals surface area contributed by atoms with Crippen molar-refractivity contribution in [2.45, 2.75) is 12.8 Å². The van der Waals surface area contributed by atoms with Crippen LogP contribution in [0.4, 0.5) is 5.69 Å². The van der Waals surface area contributed by atoms with Crippen LogP contribution < -0.4 is 5.32 Å². The molecule has 1 aromatic carbocycles. The van der Waals surface area contributed by atoms with Gasteiger partial charge in [0.2, 0.25) is 0 Å². The minimum absolute atomic E-state index is 0.791. The Balaban J connectivity index is 1.44. The summed E-state index contributed by atoms with van der Waals surface area (Å²) in [6.07, 6.45) is 10.7. The van der Waals surface area contributed by atoms with Crippen molar-refractivity contribution in [3.63, 3.8) is 0 Å². The summed E-state index contributed by atoms with van der Waals surface area (Å²) < 4.78 is 5.34. The molecule has 1 fully saturated rings. The summed E-state index contributed by atoms with van der Waals surface area (Å²) in [4.78, 5) is 3.97. The van der Waals surface area contributed by atoms with E-state index in [1.54, 1.807) is 6.20 Å². The van der Waals surface area contributed by atoms with Crippen molar-refractivity contribution in [1.29, 1.82) is 0 Å². The van der Waals surface area contributed by atoms with Gasteiger partial charge in [-0.15, -0.1) is 0 Å². The van der Waals surface area contributed by atoms with Crippen molar-refractivity contribution in [1.82, 2.24) is 4.98 Å². The van der Waals surface area contributed by atoms with Gasteiger partial charge in [0.15, 0.2) is 12.2 Å². The molecule has 102 valence electrons. The molecule has 2 aliphatic carbocycles. The Morgan fingerprint density at radius 1 is 1.25 bits per heavy atom. The van der Waals surface area contributed by atoms with Gasteiger partial charge in [-0.3, -0.25) is 0 Å². The number of nitrogens with zero attached hydrogens (tertiary/aromatic N) is 1. The number of hydrogen-bond donors (Lipinski definition) is 1. The van der Waals surface area contributed by atoms with E-state index in [4.69, 9.17) is 4.42 Å². The van der Waals surface area contributed by atoms with Gasteiger partial charge < -0.3 is 9.73 Å². The number of rotatable bonds is 4. The first-order valence-electron chi connectivity index (χ1n) is 7.29. The molecule has 2 aromatic rings. The van der Waals surface area contributed by atoms with E-state index < -0.39 is 0 Å². The van der Waals surface area contributed by atoms with E-state index in [0.717, 1.165) is 41.3 Å². The quantitative estimate of drug-likeness (QED) is 0.851. The van der Waals surface area contributed by atoms with Crippen LogP contribution in [0.3, 0.4) is 0 Å². The lowest BCUT2D eigenvalue weighted by atomic mass is 9.93. The van der Waals surface area contributed by atoms with Crippen molar-refractivity contribution in [2.24, 2.45) is 17.8 Å². The molecule has 1 saturated carbocycles. The van der Waals surface area contributed by atoms with E-state index in [9.17, 15) is 0 Å². The van der Waals surface area contributed by atoms with Gasteiger partial charge in [0, 0.05) is 17.8 Å². The van der Waals surface area contributed by atoms with Gasteiger partial charge in [-0.1, -0.05) is 24.3 Å². The van der Waals surface area contributed by atoms with Crippen LogP contribution in [-0.2, 0) is 0 Å². The first kappa shape index (κ1) is 11.8. The monoisotopic (exact) mass is 266 g/mol.